The van der Waals surface area contributed by atoms with Gasteiger partial charge in [-0.25, -0.2) is 4.79 Å². The highest BCUT2D eigenvalue weighted by Crippen LogP contribution is 2.14. The average Bonchev–Trinajstić information content (AvgIpc) is 2.80. The van der Waals surface area contributed by atoms with Gasteiger partial charge in [0.25, 0.3) is 0 Å². The second kappa shape index (κ2) is 7.02. The molecule has 1 aliphatic heterocycles. The van der Waals surface area contributed by atoms with Crippen LogP contribution in [0.3, 0.4) is 0 Å². The minimum atomic E-state index is -1.15. The largest absolute Gasteiger partial charge is 0.849 e. The van der Waals surface area contributed by atoms with Gasteiger partial charge in [-0.15, -0.1) is 0 Å². The first-order chi connectivity index (χ1) is 9.70. The molecule has 1 amide bonds. The summed E-state index contributed by atoms with van der Waals surface area (Å²) >= 11 is 0. The highest BCUT2D eigenvalue weighted by molar-refractivity contribution is 5.67. The Balaban J connectivity index is 1.76. The Bertz CT molecular complexity index is 450. The third-order valence-corrected chi connectivity index (χ3v) is 3.10. The summed E-state index contributed by atoms with van der Waals surface area (Å²) in [7, 11) is 0. The fraction of sp³-hybridized carbons (Fsp3) is 0.429. The maximum absolute atomic E-state index is 11.8. The summed E-state index contributed by atoms with van der Waals surface area (Å²) in [5.41, 5.74) is 0.864. The molecule has 0 spiro atoms. The van der Waals surface area contributed by atoms with Crippen LogP contribution >= 0.6 is 0 Å². The van der Waals surface area contributed by atoms with Crippen LogP contribution in [0.1, 0.15) is 12.0 Å². The molecule has 0 bridgehead atoms. The summed E-state index contributed by atoms with van der Waals surface area (Å²) in [5.74, 6) is 0. The Hall–Kier alpha value is -1.92. The van der Waals surface area contributed by atoms with E-state index in [2.05, 4.69) is 5.32 Å². The van der Waals surface area contributed by atoms with Gasteiger partial charge in [0.2, 0.25) is 0 Å². The van der Waals surface area contributed by atoms with Crippen LogP contribution in [0.15, 0.2) is 30.3 Å². The van der Waals surface area contributed by atoms with E-state index in [-0.39, 0.29) is 19.6 Å². The number of hydrogen-bond acceptors (Lipinski definition) is 5. The number of alkyl carbamates (subject to hydrolysis) is 1. The van der Waals surface area contributed by atoms with Gasteiger partial charge in [0.1, 0.15) is 12.9 Å². The molecule has 0 aromatic heterocycles. The van der Waals surface area contributed by atoms with Gasteiger partial charge < -0.3 is 24.7 Å². The van der Waals surface area contributed by atoms with Crippen molar-refractivity contribution in [2.45, 2.75) is 31.3 Å². The van der Waals surface area contributed by atoms with Crippen LogP contribution in [0.4, 0.5) is 4.79 Å². The molecule has 0 saturated carbocycles. The summed E-state index contributed by atoms with van der Waals surface area (Å²) < 4.78 is 10.2. The minimum Gasteiger partial charge on any atom is -0.849 e. The topological polar surface area (TPSA) is 87.7 Å². The smallest absolute Gasteiger partial charge is 0.407 e. The van der Waals surface area contributed by atoms with E-state index in [9.17, 15) is 14.7 Å². The molecule has 3 atom stereocenters. The molecule has 0 unspecified atom stereocenters. The molecule has 6 heteroatoms. The van der Waals surface area contributed by atoms with Crippen molar-refractivity contribution < 1.29 is 24.2 Å². The predicted octanol–water partition coefficient (Wildman–Crippen LogP) is -0.00190. The normalized spacial score (nSPS) is 25.1. The van der Waals surface area contributed by atoms with Crippen LogP contribution in [0, 0.1) is 0 Å². The van der Waals surface area contributed by atoms with Crippen molar-refractivity contribution >= 4 is 12.4 Å². The van der Waals surface area contributed by atoms with Gasteiger partial charge in [-0.05, 0) is 5.56 Å². The van der Waals surface area contributed by atoms with Gasteiger partial charge >= 0.3 is 6.09 Å². The zero-order valence-electron chi connectivity index (χ0n) is 10.9. The lowest BCUT2D eigenvalue weighted by molar-refractivity contribution is -0.430. The van der Waals surface area contributed by atoms with E-state index in [1.165, 1.54) is 0 Å². The third kappa shape index (κ3) is 3.79. The lowest BCUT2D eigenvalue weighted by Crippen LogP contribution is -2.51. The first-order valence-corrected chi connectivity index (χ1v) is 6.39. The van der Waals surface area contributed by atoms with Crippen molar-refractivity contribution in [3.05, 3.63) is 35.9 Å². The van der Waals surface area contributed by atoms with E-state index in [0.29, 0.717) is 6.29 Å². The first kappa shape index (κ1) is 14.5. The molecule has 1 aromatic rings. The Labute approximate surface area is 116 Å². The Morgan fingerprint density at radius 2 is 2.20 bits per heavy atom. The standard InChI is InChI=1S/C14H16NO5/c16-7-6-12-13(17)11(9-19-12)15-14(18)20-8-10-4-2-1-3-5-10/h1-5,7,11-13H,6,8-9H2,(H,15,18)/q-1/t11-,12-,13-/m0/s1. The van der Waals surface area contributed by atoms with Crippen LogP contribution in [0.5, 0.6) is 0 Å². The van der Waals surface area contributed by atoms with Gasteiger partial charge in [0.05, 0.1) is 12.7 Å². The summed E-state index contributed by atoms with van der Waals surface area (Å²) in [6.07, 6.45) is -1.79. The number of aldehydes is 1. The zero-order valence-corrected chi connectivity index (χ0v) is 10.9. The maximum atomic E-state index is 11.8. The quantitative estimate of drug-likeness (QED) is 0.766. The monoisotopic (exact) mass is 278 g/mol. The third-order valence-electron chi connectivity index (χ3n) is 3.10. The molecule has 1 N–H and O–H groups in total. The van der Waals surface area contributed by atoms with Crippen molar-refractivity contribution in [3.8, 4) is 0 Å². The van der Waals surface area contributed by atoms with Crippen LogP contribution in [-0.2, 0) is 20.9 Å². The first-order valence-electron chi connectivity index (χ1n) is 6.39. The predicted molar refractivity (Wildman–Crippen MR) is 67.8 cm³/mol. The number of benzene rings is 1. The molecule has 1 heterocycles. The van der Waals surface area contributed by atoms with Crippen molar-refractivity contribution in [2.75, 3.05) is 6.61 Å². The van der Waals surface area contributed by atoms with Crippen molar-refractivity contribution in [3.63, 3.8) is 0 Å². The molecule has 1 saturated heterocycles. The number of nitrogens with one attached hydrogen (secondary N) is 1. The van der Waals surface area contributed by atoms with Crippen molar-refractivity contribution in [1.82, 2.24) is 5.32 Å². The van der Waals surface area contributed by atoms with Gasteiger partial charge in [-0.2, -0.15) is 0 Å². The van der Waals surface area contributed by atoms with Crippen LogP contribution < -0.4 is 10.4 Å². The molecular formula is C14H16NO5-. The van der Waals surface area contributed by atoms with Gasteiger partial charge in [0, 0.05) is 12.5 Å². The van der Waals surface area contributed by atoms with E-state index in [1.54, 1.807) is 0 Å². The van der Waals surface area contributed by atoms with Crippen LogP contribution in [0.25, 0.3) is 0 Å². The summed E-state index contributed by atoms with van der Waals surface area (Å²) in [5, 5.41) is 14.3. The Kier molecular flexibility index (Phi) is 5.09. The molecular weight excluding hydrogens is 262 g/mol. The fourth-order valence-electron chi connectivity index (χ4n) is 2.01. The summed E-state index contributed by atoms with van der Waals surface area (Å²) in [4.78, 5) is 21.9. The van der Waals surface area contributed by atoms with Crippen molar-refractivity contribution in [1.29, 1.82) is 0 Å². The molecule has 1 aliphatic rings. The second-order valence-corrected chi connectivity index (χ2v) is 4.55. The molecule has 20 heavy (non-hydrogen) atoms. The molecule has 1 fully saturated rings. The van der Waals surface area contributed by atoms with E-state index in [1.807, 2.05) is 30.3 Å². The lowest BCUT2D eigenvalue weighted by atomic mass is 10.1. The van der Waals surface area contributed by atoms with E-state index in [4.69, 9.17) is 9.47 Å². The average molecular weight is 278 g/mol. The summed E-state index contributed by atoms with van der Waals surface area (Å²) in [6, 6.07) is 8.57. The molecule has 6 nitrogen and oxygen atoms in total. The Morgan fingerprint density at radius 3 is 2.90 bits per heavy atom. The van der Waals surface area contributed by atoms with E-state index >= 15 is 0 Å². The molecule has 0 radical (unpaired) electrons. The van der Waals surface area contributed by atoms with Gasteiger partial charge in [0.15, 0.2) is 0 Å². The fourth-order valence-corrected chi connectivity index (χ4v) is 2.01. The maximum Gasteiger partial charge on any atom is 0.407 e. The lowest BCUT2D eigenvalue weighted by Gasteiger charge is -2.27. The number of hydrogen-bond donors (Lipinski definition) is 1. The van der Waals surface area contributed by atoms with E-state index in [0.717, 1.165) is 5.56 Å². The number of carbonyl (C=O) groups is 2. The highest BCUT2D eigenvalue weighted by atomic mass is 16.6. The number of ether oxygens (including phenoxy) is 2. The van der Waals surface area contributed by atoms with E-state index < -0.39 is 24.3 Å². The summed E-state index contributed by atoms with van der Waals surface area (Å²) in [6.45, 7) is 0.245. The minimum absolute atomic E-state index is 0.0470. The van der Waals surface area contributed by atoms with Crippen LogP contribution in [-0.4, -0.2) is 37.2 Å². The Morgan fingerprint density at radius 1 is 1.45 bits per heavy atom. The molecule has 2 rings (SSSR count). The zero-order chi connectivity index (χ0) is 14.4. The highest BCUT2D eigenvalue weighted by Gasteiger charge is 2.30. The van der Waals surface area contributed by atoms with Gasteiger partial charge in [-0.1, -0.05) is 36.4 Å². The van der Waals surface area contributed by atoms with Gasteiger partial charge in [-0.3, -0.25) is 0 Å². The molecule has 108 valence electrons. The number of amides is 1. The molecule has 1 aromatic carbocycles. The van der Waals surface area contributed by atoms with Crippen LogP contribution in [0.2, 0.25) is 0 Å². The number of rotatable bonds is 5. The SMILES string of the molecule is O=CC[C@@H]1OC[C@H](NC(=O)OCc2ccccc2)[C@@H]1[O-]. The number of carbonyl (C=O) groups excluding carboxylic acids is 2. The molecule has 0 aliphatic carbocycles. The second-order valence-electron chi connectivity index (χ2n) is 4.55. The van der Waals surface area contributed by atoms with Crippen molar-refractivity contribution in [2.24, 2.45) is 0 Å².